The average molecular weight is 352 g/mol. The third-order valence-corrected chi connectivity index (χ3v) is 3.81. The number of benzene rings is 2. The summed E-state index contributed by atoms with van der Waals surface area (Å²) >= 11 is 0. The average Bonchev–Trinajstić information content (AvgIpc) is 3.03. The minimum absolute atomic E-state index is 0.0617. The van der Waals surface area contributed by atoms with Crippen LogP contribution in [0.3, 0.4) is 0 Å². The number of amides is 2. The molecule has 4 rings (SSSR count). The van der Waals surface area contributed by atoms with Crippen LogP contribution in [-0.4, -0.2) is 29.9 Å². The zero-order chi connectivity index (χ0) is 18.4. The van der Waals surface area contributed by atoms with E-state index < -0.39 is 29.9 Å². The Bertz CT molecular complexity index is 960. The van der Waals surface area contributed by atoms with Crippen LogP contribution in [0.25, 0.3) is 0 Å². The second kappa shape index (κ2) is 5.52. The van der Waals surface area contributed by atoms with Gasteiger partial charge in [-0.3, -0.25) is 0 Å². The van der Waals surface area contributed by atoms with E-state index in [1.807, 2.05) is 0 Å². The largest absolute Gasteiger partial charge is 0.386 e. The molecule has 0 aliphatic carbocycles. The highest BCUT2D eigenvalue weighted by molar-refractivity contribution is 6.16. The van der Waals surface area contributed by atoms with E-state index in [-0.39, 0.29) is 33.6 Å². The van der Waals surface area contributed by atoms with Gasteiger partial charge in [-0.15, -0.1) is 0 Å². The summed E-state index contributed by atoms with van der Waals surface area (Å²) in [5, 5.41) is 4.98. The highest BCUT2D eigenvalue weighted by Gasteiger charge is 2.31. The molecule has 2 aliphatic heterocycles. The first-order chi connectivity index (χ1) is 12.4. The van der Waals surface area contributed by atoms with Crippen LogP contribution >= 0.6 is 0 Å². The van der Waals surface area contributed by atoms with E-state index in [4.69, 9.17) is 0 Å². The van der Waals surface area contributed by atoms with Crippen molar-refractivity contribution in [3.8, 4) is 0 Å². The first kappa shape index (κ1) is 15.5. The minimum Gasteiger partial charge on any atom is -0.386 e. The number of anilines is 2. The lowest BCUT2D eigenvalue weighted by molar-refractivity contribution is 0.0425. The number of urea groups is 1. The molecule has 0 aromatic heterocycles. The fourth-order valence-corrected chi connectivity index (χ4v) is 2.62. The third kappa shape index (κ3) is 2.47. The number of fused-ring (bicyclic) bond motifs is 2. The highest BCUT2D eigenvalue weighted by atomic mass is 16.6. The van der Waals surface area contributed by atoms with Gasteiger partial charge < -0.3 is 20.1 Å². The van der Waals surface area contributed by atoms with Crippen LogP contribution in [-0.2, 0) is 9.47 Å². The number of nitrogens with one attached hydrogen (secondary N) is 2. The van der Waals surface area contributed by atoms with Gasteiger partial charge >= 0.3 is 29.9 Å². The van der Waals surface area contributed by atoms with Gasteiger partial charge in [-0.25, -0.2) is 24.0 Å². The first-order valence-electron chi connectivity index (χ1n) is 7.31. The monoisotopic (exact) mass is 352 g/mol. The van der Waals surface area contributed by atoms with Crippen molar-refractivity contribution in [3.63, 3.8) is 0 Å². The van der Waals surface area contributed by atoms with Gasteiger partial charge in [-0.05, 0) is 36.4 Å². The lowest BCUT2D eigenvalue weighted by Gasteiger charge is -2.08. The van der Waals surface area contributed by atoms with Gasteiger partial charge in [0.15, 0.2) is 0 Å². The number of hydrogen-bond donors (Lipinski definition) is 2. The van der Waals surface area contributed by atoms with Crippen LogP contribution in [0.1, 0.15) is 41.4 Å². The van der Waals surface area contributed by atoms with Gasteiger partial charge in [-0.2, -0.15) is 0 Å². The molecule has 2 aromatic carbocycles. The summed E-state index contributed by atoms with van der Waals surface area (Å²) in [6.45, 7) is 0. The Morgan fingerprint density at radius 3 is 1.42 bits per heavy atom. The number of cyclic esters (lactones) is 4. The molecule has 0 saturated heterocycles. The molecule has 9 heteroatoms. The van der Waals surface area contributed by atoms with Gasteiger partial charge in [0.2, 0.25) is 0 Å². The van der Waals surface area contributed by atoms with Gasteiger partial charge in [0.1, 0.15) is 0 Å². The lowest BCUT2D eigenvalue weighted by atomic mass is 10.1. The molecule has 2 aromatic rings. The Labute approximate surface area is 144 Å². The molecule has 2 N–H and O–H groups in total. The zero-order valence-corrected chi connectivity index (χ0v) is 12.8. The molecule has 9 nitrogen and oxygen atoms in total. The first-order valence-corrected chi connectivity index (χ1v) is 7.31. The van der Waals surface area contributed by atoms with Crippen LogP contribution in [0, 0.1) is 0 Å². The quantitative estimate of drug-likeness (QED) is 0.624. The zero-order valence-electron chi connectivity index (χ0n) is 12.8. The molecule has 0 atom stereocenters. The molecule has 0 bridgehead atoms. The maximum atomic E-state index is 12.1. The Morgan fingerprint density at radius 2 is 1.00 bits per heavy atom. The van der Waals surface area contributed by atoms with Crippen molar-refractivity contribution in [2.45, 2.75) is 0 Å². The molecular formula is C17H8N2O7. The molecule has 0 spiro atoms. The van der Waals surface area contributed by atoms with Crippen molar-refractivity contribution >= 4 is 41.3 Å². The minimum atomic E-state index is -0.782. The van der Waals surface area contributed by atoms with Crippen molar-refractivity contribution in [2.75, 3.05) is 10.6 Å². The number of carbonyl (C=O) groups excluding carboxylic acids is 5. The summed E-state index contributed by atoms with van der Waals surface area (Å²) in [5.74, 6) is -3.03. The van der Waals surface area contributed by atoms with Crippen LogP contribution < -0.4 is 10.6 Å². The summed E-state index contributed by atoms with van der Waals surface area (Å²) in [5.41, 5.74) is 0.913. The fraction of sp³-hybridized carbons (Fsp3) is 0. The summed E-state index contributed by atoms with van der Waals surface area (Å²) in [6.07, 6.45) is 0. The summed E-state index contributed by atoms with van der Waals surface area (Å²) in [7, 11) is 0. The van der Waals surface area contributed by atoms with Crippen molar-refractivity contribution < 1.29 is 33.4 Å². The van der Waals surface area contributed by atoms with E-state index in [0.29, 0.717) is 0 Å². The SMILES string of the molecule is O=C(Nc1ccc2c(c1)C(=O)OC2=O)Nc1ccc2c(c1)C(=O)OC2=O. The molecule has 0 unspecified atom stereocenters. The van der Waals surface area contributed by atoms with Gasteiger partial charge in [0.25, 0.3) is 0 Å². The normalized spacial score (nSPS) is 14.5. The summed E-state index contributed by atoms with van der Waals surface area (Å²) in [4.78, 5) is 57.9. The molecule has 0 radical (unpaired) electrons. The van der Waals surface area contributed by atoms with Gasteiger partial charge in [-0.1, -0.05) is 0 Å². The van der Waals surface area contributed by atoms with E-state index in [1.54, 1.807) is 0 Å². The Hall–Kier alpha value is -4.01. The molecule has 2 aliphatic rings. The summed E-state index contributed by atoms with van der Waals surface area (Å²) < 4.78 is 8.94. The van der Waals surface area contributed by atoms with E-state index in [9.17, 15) is 24.0 Å². The van der Waals surface area contributed by atoms with E-state index >= 15 is 0 Å². The molecule has 2 amide bonds. The number of rotatable bonds is 2. The van der Waals surface area contributed by atoms with Gasteiger partial charge in [0, 0.05) is 11.4 Å². The number of carbonyl (C=O) groups is 5. The molecule has 0 saturated carbocycles. The van der Waals surface area contributed by atoms with E-state index in [1.165, 1.54) is 36.4 Å². The van der Waals surface area contributed by atoms with Crippen molar-refractivity contribution in [2.24, 2.45) is 0 Å². The van der Waals surface area contributed by atoms with Crippen molar-refractivity contribution in [1.29, 1.82) is 0 Å². The van der Waals surface area contributed by atoms with Crippen molar-refractivity contribution in [3.05, 3.63) is 58.7 Å². The van der Waals surface area contributed by atoms with Crippen LogP contribution in [0.4, 0.5) is 16.2 Å². The lowest BCUT2D eigenvalue weighted by Crippen LogP contribution is -2.19. The topological polar surface area (TPSA) is 128 Å². The van der Waals surface area contributed by atoms with E-state index in [2.05, 4.69) is 20.1 Å². The van der Waals surface area contributed by atoms with Crippen LogP contribution in [0.5, 0.6) is 0 Å². The molecule has 26 heavy (non-hydrogen) atoms. The van der Waals surface area contributed by atoms with Gasteiger partial charge in [0.05, 0.1) is 22.3 Å². The van der Waals surface area contributed by atoms with Crippen LogP contribution in [0.15, 0.2) is 36.4 Å². The predicted molar refractivity (Wildman–Crippen MR) is 85.0 cm³/mol. The van der Waals surface area contributed by atoms with Crippen LogP contribution in [0.2, 0.25) is 0 Å². The third-order valence-electron chi connectivity index (χ3n) is 3.81. The smallest absolute Gasteiger partial charge is 0.346 e. The second-order valence-corrected chi connectivity index (χ2v) is 5.45. The van der Waals surface area contributed by atoms with Crippen molar-refractivity contribution in [1.82, 2.24) is 0 Å². The predicted octanol–water partition coefficient (Wildman–Crippen LogP) is 1.95. The Kier molecular flexibility index (Phi) is 3.29. The number of hydrogen-bond acceptors (Lipinski definition) is 7. The molecule has 2 heterocycles. The van der Waals surface area contributed by atoms with E-state index in [0.717, 1.165) is 0 Å². The maximum Gasteiger partial charge on any atom is 0.346 e. The highest BCUT2D eigenvalue weighted by Crippen LogP contribution is 2.25. The Balaban J connectivity index is 1.50. The molecule has 0 fully saturated rings. The number of ether oxygens (including phenoxy) is 2. The second-order valence-electron chi connectivity index (χ2n) is 5.45. The number of esters is 4. The molecule has 128 valence electrons. The summed E-state index contributed by atoms with van der Waals surface area (Å²) in [6, 6.07) is 7.61. The molecular weight excluding hydrogens is 344 g/mol. The standard InChI is InChI=1S/C17H8N2O7/c20-13-9-3-1-7(5-11(9)15(22)25-13)18-17(24)19-8-2-4-10-12(6-8)16(23)26-14(10)21/h1-6H,(H2,18,19,24). The maximum absolute atomic E-state index is 12.1. The fourth-order valence-electron chi connectivity index (χ4n) is 2.62. The Morgan fingerprint density at radius 1 is 0.615 bits per heavy atom.